The lowest BCUT2D eigenvalue weighted by molar-refractivity contribution is -0.137. The maximum absolute atomic E-state index is 12.9. The first kappa shape index (κ1) is 20.9. The number of hydrogen-bond acceptors (Lipinski definition) is 3. The van der Waals surface area contributed by atoms with Crippen LogP contribution in [-0.4, -0.2) is 28.4 Å². The molecule has 0 spiro atoms. The molecule has 0 unspecified atom stereocenters. The number of halogens is 3. The van der Waals surface area contributed by atoms with Gasteiger partial charge >= 0.3 is 6.18 Å². The lowest BCUT2D eigenvalue weighted by Crippen LogP contribution is -2.44. The van der Waals surface area contributed by atoms with E-state index in [1.54, 1.807) is 18.5 Å². The fourth-order valence-corrected chi connectivity index (χ4v) is 3.94. The number of pyridine rings is 1. The third-order valence-electron chi connectivity index (χ3n) is 5.52. The summed E-state index contributed by atoms with van der Waals surface area (Å²) in [7, 11) is 0. The van der Waals surface area contributed by atoms with Gasteiger partial charge in [0.15, 0.2) is 0 Å². The van der Waals surface area contributed by atoms with E-state index in [4.69, 9.17) is 0 Å². The van der Waals surface area contributed by atoms with Crippen LogP contribution in [0.25, 0.3) is 11.1 Å². The second kappa shape index (κ2) is 8.41. The zero-order chi connectivity index (χ0) is 22.0. The van der Waals surface area contributed by atoms with Crippen LogP contribution in [0.15, 0.2) is 67.0 Å². The molecule has 0 radical (unpaired) electrons. The minimum atomic E-state index is -4.35. The van der Waals surface area contributed by atoms with E-state index >= 15 is 0 Å². The molecule has 0 bridgehead atoms. The predicted molar refractivity (Wildman–Crippen MR) is 113 cm³/mol. The molecule has 2 heterocycles. The average molecular weight is 425 g/mol. The van der Waals surface area contributed by atoms with E-state index in [0.717, 1.165) is 40.1 Å². The number of fused-ring (bicyclic) bond motifs is 1. The summed E-state index contributed by atoms with van der Waals surface area (Å²) in [5.74, 6) is -0.00515. The Morgan fingerprint density at radius 1 is 1.10 bits per heavy atom. The summed E-state index contributed by atoms with van der Waals surface area (Å²) in [5, 5.41) is 3.17. The van der Waals surface area contributed by atoms with Crippen molar-refractivity contribution in [1.82, 2.24) is 9.88 Å². The highest BCUT2D eigenvalue weighted by atomic mass is 19.4. The number of aromatic nitrogens is 1. The highest BCUT2D eigenvalue weighted by molar-refractivity contribution is 5.84. The molecule has 7 heteroatoms. The van der Waals surface area contributed by atoms with E-state index < -0.39 is 17.8 Å². The van der Waals surface area contributed by atoms with E-state index in [1.165, 1.54) is 12.1 Å². The number of carbonyl (C=O) groups is 1. The highest BCUT2D eigenvalue weighted by Crippen LogP contribution is 2.34. The zero-order valence-corrected chi connectivity index (χ0v) is 17.0. The van der Waals surface area contributed by atoms with Crippen molar-refractivity contribution in [3.8, 4) is 11.1 Å². The lowest BCUT2D eigenvalue weighted by atomic mass is 9.90. The van der Waals surface area contributed by atoms with Crippen LogP contribution in [0.5, 0.6) is 0 Å². The number of nitrogens with zero attached hydrogens (tertiary/aromatic N) is 2. The van der Waals surface area contributed by atoms with Crippen LogP contribution in [0, 0.1) is 0 Å². The van der Waals surface area contributed by atoms with Crippen LogP contribution in [0.3, 0.4) is 0 Å². The van der Waals surface area contributed by atoms with Crippen molar-refractivity contribution in [2.45, 2.75) is 32.1 Å². The van der Waals surface area contributed by atoms with E-state index in [2.05, 4.69) is 10.3 Å². The Labute approximate surface area is 178 Å². The van der Waals surface area contributed by atoms with Gasteiger partial charge in [0.25, 0.3) is 0 Å². The first-order valence-electron chi connectivity index (χ1n) is 10.1. The second-order valence-corrected chi connectivity index (χ2v) is 7.64. The van der Waals surface area contributed by atoms with Gasteiger partial charge in [0.2, 0.25) is 5.91 Å². The molecule has 160 valence electrons. The normalized spacial score (nSPS) is 14.6. The van der Waals surface area contributed by atoms with Crippen LogP contribution in [0.1, 0.15) is 23.6 Å². The SMILES string of the molecule is C[C@@H](Nc1cccnc1)C(=O)N1CCc2c(cccc2-c2ccc(C(F)(F)F)cc2)C1. The number of benzene rings is 2. The monoisotopic (exact) mass is 425 g/mol. The average Bonchev–Trinajstić information content (AvgIpc) is 2.78. The molecule has 3 aromatic rings. The van der Waals surface area contributed by atoms with Crippen molar-refractivity contribution in [2.24, 2.45) is 0 Å². The maximum Gasteiger partial charge on any atom is 0.416 e. The number of nitrogens with one attached hydrogen (secondary N) is 1. The smallest absolute Gasteiger partial charge is 0.373 e. The van der Waals surface area contributed by atoms with Gasteiger partial charge < -0.3 is 10.2 Å². The first-order chi connectivity index (χ1) is 14.8. The van der Waals surface area contributed by atoms with E-state index in [1.807, 2.05) is 36.1 Å². The number of anilines is 1. The first-order valence-corrected chi connectivity index (χ1v) is 10.1. The van der Waals surface area contributed by atoms with Crippen LogP contribution in [0.4, 0.5) is 18.9 Å². The Kier molecular flexibility index (Phi) is 5.67. The summed E-state index contributed by atoms with van der Waals surface area (Å²) in [6, 6.07) is 14.3. The molecule has 1 aromatic heterocycles. The summed E-state index contributed by atoms with van der Waals surface area (Å²) < 4.78 is 38.6. The molecule has 1 aliphatic heterocycles. The minimum Gasteiger partial charge on any atom is -0.373 e. The lowest BCUT2D eigenvalue weighted by Gasteiger charge is -2.32. The van der Waals surface area contributed by atoms with Crippen LogP contribution in [-0.2, 0) is 23.9 Å². The molecular formula is C24H22F3N3O. The van der Waals surface area contributed by atoms with Crippen molar-refractivity contribution in [3.63, 3.8) is 0 Å². The predicted octanol–water partition coefficient (Wildman–Crippen LogP) is 5.15. The molecule has 1 aliphatic rings. The van der Waals surface area contributed by atoms with Crippen LogP contribution >= 0.6 is 0 Å². The third-order valence-corrected chi connectivity index (χ3v) is 5.52. The Morgan fingerprint density at radius 2 is 1.87 bits per heavy atom. The van der Waals surface area contributed by atoms with Crippen molar-refractivity contribution in [1.29, 1.82) is 0 Å². The topological polar surface area (TPSA) is 45.2 Å². The van der Waals surface area contributed by atoms with Crippen molar-refractivity contribution >= 4 is 11.6 Å². The molecular weight excluding hydrogens is 403 g/mol. The number of hydrogen-bond donors (Lipinski definition) is 1. The number of amides is 1. The van der Waals surface area contributed by atoms with E-state index in [0.29, 0.717) is 19.5 Å². The Bertz CT molecular complexity index is 1070. The van der Waals surface area contributed by atoms with Crippen molar-refractivity contribution < 1.29 is 18.0 Å². The highest BCUT2D eigenvalue weighted by Gasteiger charge is 2.30. The minimum absolute atomic E-state index is 0.00515. The standard InChI is InChI=1S/C24H22F3N3O/c1-16(29-20-5-3-12-28-14-20)23(31)30-13-11-22-18(15-30)4-2-6-21(22)17-7-9-19(10-8-17)24(25,26)27/h2-10,12,14,16,29H,11,13,15H2,1H3/t16-/m1/s1. The fourth-order valence-electron chi connectivity index (χ4n) is 3.94. The molecule has 1 N–H and O–H groups in total. The summed E-state index contributed by atoms with van der Waals surface area (Å²) in [6.45, 7) is 2.85. The van der Waals surface area contributed by atoms with Gasteiger partial charge in [0.05, 0.1) is 11.3 Å². The summed E-state index contributed by atoms with van der Waals surface area (Å²) in [6.07, 6.45) is -0.354. The Balaban J connectivity index is 1.51. The van der Waals surface area contributed by atoms with E-state index in [-0.39, 0.29) is 5.91 Å². The largest absolute Gasteiger partial charge is 0.416 e. The summed E-state index contributed by atoms with van der Waals surface area (Å²) in [4.78, 5) is 18.8. The Hall–Kier alpha value is -3.35. The Morgan fingerprint density at radius 3 is 2.55 bits per heavy atom. The van der Waals surface area contributed by atoms with Crippen LogP contribution < -0.4 is 5.32 Å². The molecule has 0 aliphatic carbocycles. The second-order valence-electron chi connectivity index (χ2n) is 7.64. The van der Waals surface area contributed by atoms with Gasteiger partial charge in [-0.25, -0.2) is 0 Å². The van der Waals surface area contributed by atoms with Gasteiger partial charge in [-0.05, 0) is 59.9 Å². The summed E-state index contributed by atoms with van der Waals surface area (Å²) in [5.41, 5.74) is 3.89. The molecule has 4 rings (SSSR count). The van der Waals surface area contributed by atoms with Crippen LogP contribution in [0.2, 0.25) is 0 Å². The van der Waals surface area contributed by atoms with Gasteiger partial charge in [0, 0.05) is 25.5 Å². The zero-order valence-electron chi connectivity index (χ0n) is 17.0. The molecule has 0 fully saturated rings. The van der Waals surface area contributed by atoms with Gasteiger partial charge in [-0.15, -0.1) is 0 Å². The van der Waals surface area contributed by atoms with Crippen molar-refractivity contribution in [3.05, 3.63) is 83.7 Å². The number of alkyl halides is 3. The van der Waals surface area contributed by atoms with Gasteiger partial charge in [-0.3, -0.25) is 9.78 Å². The molecule has 2 aromatic carbocycles. The van der Waals surface area contributed by atoms with Gasteiger partial charge in [-0.2, -0.15) is 13.2 Å². The molecule has 1 amide bonds. The molecule has 1 atom stereocenters. The quantitative estimate of drug-likeness (QED) is 0.629. The molecule has 4 nitrogen and oxygen atoms in total. The fraction of sp³-hybridized carbons (Fsp3) is 0.250. The number of carbonyl (C=O) groups excluding carboxylic acids is 1. The molecule has 0 saturated heterocycles. The number of rotatable bonds is 4. The van der Waals surface area contributed by atoms with Gasteiger partial charge in [-0.1, -0.05) is 30.3 Å². The molecule has 0 saturated carbocycles. The summed E-state index contributed by atoms with van der Waals surface area (Å²) >= 11 is 0. The van der Waals surface area contributed by atoms with Gasteiger partial charge in [0.1, 0.15) is 6.04 Å². The third kappa shape index (κ3) is 4.55. The molecule has 31 heavy (non-hydrogen) atoms. The van der Waals surface area contributed by atoms with E-state index in [9.17, 15) is 18.0 Å². The van der Waals surface area contributed by atoms with Crippen molar-refractivity contribution in [2.75, 3.05) is 11.9 Å². The maximum atomic E-state index is 12.9.